The molecule has 1 aliphatic heterocycles. The molecule has 0 unspecified atom stereocenters. The van der Waals surface area contributed by atoms with Crippen LogP contribution in [0.5, 0.6) is 0 Å². The highest BCUT2D eigenvalue weighted by atomic mass is 35.5. The van der Waals surface area contributed by atoms with Crippen LogP contribution < -0.4 is 0 Å². The van der Waals surface area contributed by atoms with Crippen molar-refractivity contribution in [3.63, 3.8) is 0 Å². The van der Waals surface area contributed by atoms with Crippen molar-refractivity contribution in [1.82, 2.24) is 29.6 Å². The molecular formula is C30H35ClN6OS. The molecular weight excluding hydrogens is 528 g/mol. The van der Waals surface area contributed by atoms with Crippen molar-refractivity contribution in [3.05, 3.63) is 65.2 Å². The van der Waals surface area contributed by atoms with Crippen LogP contribution in [0, 0.1) is 6.92 Å². The zero-order chi connectivity index (χ0) is 26.2. The summed E-state index contributed by atoms with van der Waals surface area (Å²) >= 11 is 1.78. The van der Waals surface area contributed by atoms with Gasteiger partial charge in [-0.15, -0.1) is 22.6 Å². The summed E-state index contributed by atoms with van der Waals surface area (Å²) in [6.07, 6.45) is 3.23. The monoisotopic (exact) mass is 562 g/mol. The summed E-state index contributed by atoms with van der Waals surface area (Å²) < 4.78 is 8.11. The average molecular weight is 563 g/mol. The molecule has 7 nitrogen and oxygen atoms in total. The molecule has 0 spiro atoms. The van der Waals surface area contributed by atoms with Crippen LogP contribution in [0.25, 0.3) is 33.4 Å². The van der Waals surface area contributed by atoms with Crippen molar-refractivity contribution in [3.8, 4) is 11.4 Å². The Hall–Kier alpha value is -2.94. The Labute approximate surface area is 239 Å². The van der Waals surface area contributed by atoms with E-state index in [1.807, 2.05) is 13.0 Å². The summed E-state index contributed by atoms with van der Waals surface area (Å²) in [6.45, 7) is 9.52. The van der Waals surface area contributed by atoms with E-state index >= 15 is 0 Å². The molecule has 5 aromatic rings. The quantitative estimate of drug-likeness (QED) is 0.163. The summed E-state index contributed by atoms with van der Waals surface area (Å²) in [5.41, 5.74) is 7.83. The molecule has 2 aromatic carbocycles. The van der Waals surface area contributed by atoms with E-state index in [0.717, 1.165) is 94.8 Å². The van der Waals surface area contributed by atoms with Gasteiger partial charge in [-0.05, 0) is 68.1 Å². The molecule has 39 heavy (non-hydrogen) atoms. The molecule has 0 saturated carbocycles. The molecule has 1 aliphatic rings. The lowest BCUT2D eigenvalue weighted by Gasteiger charge is -2.19. The van der Waals surface area contributed by atoms with Gasteiger partial charge in [0.25, 0.3) is 0 Å². The topological polar surface area (TPSA) is 72.9 Å². The maximum atomic E-state index is 6.01. The molecule has 0 amide bonds. The zero-order valence-corrected chi connectivity index (χ0v) is 24.6. The van der Waals surface area contributed by atoms with Gasteiger partial charge in [0.1, 0.15) is 5.52 Å². The standard InChI is InChI=1S/C30H34N6OS.ClH/c1-19(2)29-32-26-17-21-11-14-36(15-12-22(21)18-27(26)37-29)13-6-16-38-30-34-33-28(35(30)4)24-7-5-8-25-23(24)10-9-20(3)31-25;/h5,7-10,17-19H,6,11-16H2,1-4H3;1H. The maximum absolute atomic E-state index is 6.01. The number of aryl methyl sites for hydroxylation is 1. The summed E-state index contributed by atoms with van der Waals surface area (Å²) in [7, 11) is 2.05. The van der Waals surface area contributed by atoms with Crippen LogP contribution in [0.3, 0.4) is 0 Å². The highest BCUT2D eigenvalue weighted by Crippen LogP contribution is 2.30. The molecule has 0 atom stereocenters. The first-order valence-electron chi connectivity index (χ1n) is 13.5. The predicted octanol–water partition coefficient (Wildman–Crippen LogP) is 6.61. The molecule has 6 rings (SSSR count). The van der Waals surface area contributed by atoms with Crippen molar-refractivity contribution in [2.45, 2.75) is 51.1 Å². The van der Waals surface area contributed by atoms with Crippen LogP contribution in [0.2, 0.25) is 0 Å². The minimum Gasteiger partial charge on any atom is -0.440 e. The Bertz CT molecular complexity index is 1570. The van der Waals surface area contributed by atoms with Gasteiger partial charge in [-0.3, -0.25) is 4.98 Å². The number of thioether (sulfide) groups is 1. The van der Waals surface area contributed by atoms with E-state index in [1.54, 1.807) is 11.8 Å². The molecule has 9 heteroatoms. The second-order valence-electron chi connectivity index (χ2n) is 10.5. The van der Waals surface area contributed by atoms with E-state index in [4.69, 9.17) is 9.40 Å². The first-order chi connectivity index (χ1) is 18.5. The van der Waals surface area contributed by atoms with Crippen LogP contribution in [-0.2, 0) is 19.9 Å². The molecule has 0 bridgehead atoms. The van der Waals surface area contributed by atoms with Crippen LogP contribution in [-0.4, -0.2) is 55.0 Å². The van der Waals surface area contributed by atoms with Gasteiger partial charge in [-0.25, -0.2) is 4.98 Å². The average Bonchev–Trinajstić information content (AvgIpc) is 3.43. The molecule has 4 heterocycles. The number of hydrogen-bond donors (Lipinski definition) is 0. The van der Waals surface area contributed by atoms with Crippen molar-refractivity contribution in [2.24, 2.45) is 7.05 Å². The van der Waals surface area contributed by atoms with Gasteiger partial charge in [-0.1, -0.05) is 43.8 Å². The highest BCUT2D eigenvalue weighted by molar-refractivity contribution is 7.99. The predicted molar refractivity (Wildman–Crippen MR) is 161 cm³/mol. The van der Waals surface area contributed by atoms with E-state index < -0.39 is 0 Å². The number of hydrogen-bond acceptors (Lipinski definition) is 7. The third-order valence-corrected chi connectivity index (χ3v) is 8.52. The third kappa shape index (κ3) is 5.69. The number of pyridine rings is 1. The van der Waals surface area contributed by atoms with Gasteiger partial charge in [0.15, 0.2) is 22.5 Å². The first kappa shape index (κ1) is 27.6. The minimum atomic E-state index is 0. The maximum Gasteiger partial charge on any atom is 0.198 e. The zero-order valence-electron chi connectivity index (χ0n) is 23.0. The SMILES string of the molecule is Cc1ccc2c(-c3nnc(SCCCN4CCc5cc6nc(C(C)C)oc6cc5CC4)n3C)cccc2n1.Cl. The number of aromatic nitrogens is 5. The van der Waals surface area contributed by atoms with Gasteiger partial charge in [0.05, 0.1) is 5.52 Å². The Morgan fingerprint density at radius 3 is 2.56 bits per heavy atom. The van der Waals surface area contributed by atoms with Crippen LogP contribution in [0.1, 0.15) is 48.9 Å². The van der Waals surface area contributed by atoms with E-state index in [2.05, 4.69) is 81.9 Å². The summed E-state index contributed by atoms with van der Waals surface area (Å²) in [5.74, 6) is 3.04. The normalized spacial score (nSPS) is 14.1. The fourth-order valence-corrected chi connectivity index (χ4v) is 6.10. The Balaban J connectivity index is 0.00000308. The number of oxazole rings is 1. The molecule has 0 saturated heterocycles. The molecule has 0 N–H and O–H groups in total. The lowest BCUT2D eigenvalue weighted by atomic mass is 10.0. The second-order valence-corrected chi connectivity index (χ2v) is 11.6. The molecule has 204 valence electrons. The van der Waals surface area contributed by atoms with Crippen molar-refractivity contribution in [2.75, 3.05) is 25.4 Å². The smallest absolute Gasteiger partial charge is 0.198 e. The number of benzene rings is 2. The van der Waals surface area contributed by atoms with Gasteiger partial charge in [-0.2, -0.15) is 0 Å². The molecule has 0 radical (unpaired) electrons. The number of nitrogens with zero attached hydrogens (tertiary/aromatic N) is 6. The molecule has 0 aliphatic carbocycles. The highest BCUT2D eigenvalue weighted by Gasteiger charge is 2.18. The van der Waals surface area contributed by atoms with Crippen molar-refractivity contribution >= 4 is 46.2 Å². The lowest BCUT2D eigenvalue weighted by molar-refractivity contribution is 0.289. The molecule has 0 fully saturated rings. The summed E-state index contributed by atoms with van der Waals surface area (Å²) in [6, 6.07) is 14.9. The van der Waals surface area contributed by atoms with Gasteiger partial charge in [0.2, 0.25) is 0 Å². The van der Waals surface area contributed by atoms with Crippen LogP contribution in [0.15, 0.2) is 52.0 Å². The van der Waals surface area contributed by atoms with E-state index in [9.17, 15) is 0 Å². The second kappa shape index (κ2) is 11.7. The van der Waals surface area contributed by atoms with Crippen molar-refractivity contribution in [1.29, 1.82) is 0 Å². The Kier molecular flexibility index (Phi) is 8.26. The Morgan fingerprint density at radius 2 is 1.77 bits per heavy atom. The molecule has 3 aromatic heterocycles. The van der Waals surface area contributed by atoms with E-state index in [0.29, 0.717) is 5.92 Å². The van der Waals surface area contributed by atoms with E-state index in [-0.39, 0.29) is 12.4 Å². The van der Waals surface area contributed by atoms with Gasteiger partial charge < -0.3 is 13.9 Å². The van der Waals surface area contributed by atoms with Crippen molar-refractivity contribution < 1.29 is 4.42 Å². The van der Waals surface area contributed by atoms with Gasteiger partial charge >= 0.3 is 0 Å². The number of halogens is 1. The minimum absolute atomic E-state index is 0. The largest absolute Gasteiger partial charge is 0.440 e. The fraction of sp³-hybridized carbons (Fsp3) is 0.400. The Morgan fingerprint density at radius 1 is 0.974 bits per heavy atom. The number of rotatable bonds is 7. The van der Waals surface area contributed by atoms with Crippen LogP contribution in [0.4, 0.5) is 0 Å². The lowest BCUT2D eigenvalue weighted by Crippen LogP contribution is -2.27. The van der Waals surface area contributed by atoms with Gasteiger partial charge in [0, 0.05) is 48.5 Å². The third-order valence-electron chi connectivity index (χ3n) is 7.41. The fourth-order valence-electron chi connectivity index (χ4n) is 5.26. The number of fused-ring (bicyclic) bond motifs is 3. The summed E-state index contributed by atoms with van der Waals surface area (Å²) in [4.78, 5) is 12.0. The first-order valence-corrected chi connectivity index (χ1v) is 14.5. The van der Waals surface area contributed by atoms with Crippen LogP contribution >= 0.6 is 24.2 Å². The van der Waals surface area contributed by atoms with E-state index in [1.165, 1.54) is 11.1 Å². The summed E-state index contributed by atoms with van der Waals surface area (Å²) in [5, 5.41) is 11.1.